The van der Waals surface area contributed by atoms with Crippen molar-refractivity contribution in [1.29, 1.82) is 0 Å². The van der Waals surface area contributed by atoms with Crippen LogP contribution in [0.2, 0.25) is 0 Å². The van der Waals surface area contributed by atoms with Crippen molar-refractivity contribution in [3.8, 4) is 0 Å². The van der Waals surface area contributed by atoms with E-state index in [0.717, 1.165) is 39.1 Å². The fourth-order valence-electron chi connectivity index (χ4n) is 3.13. The Hall–Kier alpha value is -1.35. The topological polar surface area (TPSA) is 23.6 Å². The molecule has 0 radical (unpaired) electrons. The maximum absolute atomic E-state index is 11.6. The summed E-state index contributed by atoms with van der Waals surface area (Å²) >= 11 is 0. The fraction of sp³-hybridized carbons (Fsp3) is 0.611. The summed E-state index contributed by atoms with van der Waals surface area (Å²) < 4.78 is 0. The molecule has 0 unspecified atom stereocenters. The van der Waals surface area contributed by atoms with E-state index in [1.807, 2.05) is 4.90 Å². The van der Waals surface area contributed by atoms with E-state index < -0.39 is 0 Å². The molecule has 2 rings (SSSR count). The Morgan fingerprint density at radius 1 is 1.24 bits per heavy atom. The zero-order chi connectivity index (χ0) is 15.1. The van der Waals surface area contributed by atoms with Crippen molar-refractivity contribution in [2.24, 2.45) is 5.92 Å². The first kappa shape index (κ1) is 16.0. The van der Waals surface area contributed by atoms with Gasteiger partial charge >= 0.3 is 0 Å². The molecular weight excluding hydrogens is 260 g/mol. The molecule has 0 atom stereocenters. The number of nitrogens with zero attached hydrogens (tertiary/aromatic N) is 2. The molecule has 0 aromatic heterocycles. The third kappa shape index (κ3) is 5.16. The maximum Gasteiger partial charge on any atom is 0.219 e. The highest BCUT2D eigenvalue weighted by Crippen LogP contribution is 2.20. The quantitative estimate of drug-likeness (QED) is 0.803. The van der Waals surface area contributed by atoms with Gasteiger partial charge in [0.15, 0.2) is 0 Å². The Labute approximate surface area is 128 Å². The zero-order valence-corrected chi connectivity index (χ0v) is 13.4. The van der Waals surface area contributed by atoms with Crippen LogP contribution in [-0.4, -0.2) is 41.9 Å². The van der Waals surface area contributed by atoms with E-state index >= 15 is 0 Å². The van der Waals surface area contributed by atoms with Crippen LogP contribution in [0.1, 0.15) is 38.7 Å². The number of amides is 1. The van der Waals surface area contributed by atoms with Crippen LogP contribution in [0.25, 0.3) is 0 Å². The van der Waals surface area contributed by atoms with E-state index in [-0.39, 0.29) is 5.91 Å². The van der Waals surface area contributed by atoms with Crippen LogP contribution >= 0.6 is 0 Å². The molecule has 0 aliphatic carbocycles. The molecule has 0 spiro atoms. The minimum atomic E-state index is 0.226. The molecular formula is C18H28N2O. The summed E-state index contributed by atoms with van der Waals surface area (Å²) in [4.78, 5) is 16.2. The van der Waals surface area contributed by atoms with Gasteiger partial charge in [0.1, 0.15) is 0 Å². The monoisotopic (exact) mass is 288 g/mol. The molecule has 0 saturated carbocycles. The van der Waals surface area contributed by atoms with Crippen LogP contribution in [0, 0.1) is 5.92 Å². The predicted molar refractivity (Wildman–Crippen MR) is 87.0 cm³/mol. The summed E-state index contributed by atoms with van der Waals surface area (Å²) in [5, 5.41) is 0. The van der Waals surface area contributed by atoms with Crippen molar-refractivity contribution in [2.45, 2.75) is 39.7 Å². The van der Waals surface area contributed by atoms with E-state index in [2.05, 4.69) is 42.2 Å². The summed E-state index contributed by atoms with van der Waals surface area (Å²) in [6.45, 7) is 9.04. The van der Waals surface area contributed by atoms with Crippen molar-refractivity contribution in [2.75, 3.05) is 26.2 Å². The van der Waals surface area contributed by atoms with Gasteiger partial charge in [0.25, 0.3) is 0 Å². The smallest absolute Gasteiger partial charge is 0.219 e. The predicted octanol–water partition coefficient (Wildman–Crippen LogP) is 3.16. The van der Waals surface area contributed by atoms with E-state index in [1.54, 1.807) is 6.92 Å². The van der Waals surface area contributed by atoms with E-state index in [0.29, 0.717) is 5.92 Å². The fourth-order valence-corrected chi connectivity index (χ4v) is 3.13. The lowest BCUT2D eigenvalue weighted by atomic mass is 9.95. The average molecular weight is 288 g/mol. The first-order valence-corrected chi connectivity index (χ1v) is 8.20. The highest BCUT2D eigenvalue weighted by molar-refractivity contribution is 5.73. The molecule has 3 heteroatoms. The Kier molecular flexibility index (Phi) is 6.24. The molecule has 1 amide bonds. The molecule has 1 aromatic rings. The first-order valence-electron chi connectivity index (χ1n) is 8.20. The second-order valence-corrected chi connectivity index (χ2v) is 6.17. The van der Waals surface area contributed by atoms with Crippen molar-refractivity contribution in [3.63, 3.8) is 0 Å². The van der Waals surface area contributed by atoms with Crippen molar-refractivity contribution >= 4 is 5.91 Å². The lowest BCUT2D eigenvalue weighted by molar-refractivity contribution is -0.129. The van der Waals surface area contributed by atoms with Crippen molar-refractivity contribution < 1.29 is 4.79 Å². The molecule has 0 N–H and O–H groups in total. The van der Waals surface area contributed by atoms with Crippen LogP contribution in [0.15, 0.2) is 30.3 Å². The molecule has 1 aliphatic rings. The SMILES string of the molecule is CCCN(CC1CCN(Cc2ccccc2)CC1)C(C)=O. The molecule has 21 heavy (non-hydrogen) atoms. The van der Waals surface area contributed by atoms with Gasteiger partial charge in [-0.3, -0.25) is 9.69 Å². The molecule has 1 heterocycles. The molecule has 1 fully saturated rings. The minimum absolute atomic E-state index is 0.226. The van der Waals surface area contributed by atoms with Crippen LogP contribution in [0.3, 0.4) is 0 Å². The van der Waals surface area contributed by atoms with Crippen molar-refractivity contribution in [3.05, 3.63) is 35.9 Å². The molecule has 0 bridgehead atoms. The number of rotatable bonds is 6. The van der Waals surface area contributed by atoms with Crippen molar-refractivity contribution in [1.82, 2.24) is 9.80 Å². The van der Waals surface area contributed by atoms with E-state index in [9.17, 15) is 4.79 Å². The van der Waals surface area contributed by atoms with Gasteiger partial charge < -0.3 is 4.90 Å². The Morgan fingerprint density at radius 2 is 1.90 bits per heavy atom. The Balaban J connectivity index is 1.76. The van der Waals surface area contributed by atoms with Gasteiger partial charge in [-0.15, -0.1) is 0 Å². The number of hydrogen-bond donors (Lipinski definition) is 0. The van der Waals surface area contributed by atoms with E-state index in [1.165, 1.54) is 18.4 Å². The van der Waals surface area contributed by atoms with Gasteiger partial charge in [-0.1, -0.05) is 37.3 Å². The normalized spacial score (nSPS) is 16.9. The molecule has 116 valence electrons. The summed E-state index contributed by atoms with van der Waals surface area (Å²) in [7, 11) is 0. The third-order valence-corrected chi connectivity index (χ3v) is 4.37. The highest BCUT2D eigenvalue weighted by atomic mass is 16.2. The minimum Gasteiger partial charge on any atom is -0.343 e. The van der Waals surface area contributed by atoms with Crippen LogP contribution in [0.5, 0.6) is 0 Å². The highest BCUT2D eigenvalue weighted by Gasteiger charge is 2.22. The number of benzene rings is 1. The average Bonchev–Trinajstić information content (AvgIpc) is 2.49. The largest absolute Gasteiger partial charge is 0.343 e. The molecule has 1 saturated heterocycles. The summed E-state index contributed by atoms with van der Waals surface area (Å²) in [5.41, 5.74) is 1.40. The molecule has 1 aliphatic heterocycles. The number of carbonyl (C=O) groups excluding carboxylic acids is 1. The number of likely N-dealkylation sites (tertiary alicyclic amines) is 1. The third-order valence-electron chi connectivity index (χ3n) is 4.37. The first-order chi connectivity index (χ1) is 10.2. The van der Waals surface area contributed by atoms with Gasteiger partial charge in [0.05, 0.1) is 0 Å². The molecule has 3 nitrogen and oxygen atoms in total. The van der Waals surface area contributed by atoms with Gasteiger partial charge in [-0.25, -0.2) is 0 Å². The van der Waals surface area contributed by atoms with Crippen LogP contribution in [0.4, 0.5) is 0 Å². The van der Waals surface area contributed by atoms with Gasteiger partial charge in [-0.2, -0.15) is 0 Å². The summed E-state index contributed by atoms with van der Waals surface area (Å²) in [5.74, 6) is 0.899. The van der Waals surface area contributed by atoms with E-state index in [4.69, 9.17) is 0 Å². The van der Waals surface area contributed by atoms with Gasteiger partial charge in [0, 0.05) is 26.6 Å². The van der Waals surface area contributed by atoms with Crippen LogP contribution in [-0.2, 0) is 11.3 Å². The lowest BCUT2D eigenvalue weighted by Gasteiger charge is -2.34. The standard InChI is InChI=1S/C18H28N2O/c1-3-11-20(16(2)21)15-18-9-12-19(13-10-18)14-17-7-5-4-6-8-17/h4-8,18H,3,9-15H2,1-2H3. The second-order valence-electron chi connectivity index (χ2n) is 6.17. The number of hydrogen-bond acceptors (Lipinski definition) is 2. The summed E-state index contributed by atoms with van der Waals surface area (Å²) in [6, 6.07) is 10.7. The lowest BCUT2D eigenvalue weighted by Crippen LogP contribution is -2.40. The summed E-state index contributed by atoms with van der Waals surface area (Å²) in [6.07, 6.45) is 3.47. The molecule has 1 aromatic carbocycles. The van der Waals surface area contributed by atoms with Gasteiger partial charge in [0.2, 0.25) is 5.91 Å². The number of carbonyl (C=O) groups is 1. The van der Waals surface area contributed by atoms with Crippen LogP contribution < -0.4 is 0 Å². The second kappa shape index (κ2) is 8.18. The number of piperidine rings is 1. The zero-order valence-electron chi connectivity index (χ0n) is 13.4. The maximum atomic E-state index is 11.6. The Morgan fingerprint density at radius 3 is 2.48 bits per heavy atom. The van der Waals surface area contributed by atoms with Gasteiger partial charge in [-0.05, 0) is 43.8 Å². The Bertz CT molecular complexity index is 424.